The molecule has 0 atom stereocenters. The van der Waals surface area contributed by atoms with Crippen LogP contribution in [0.1, 0.15) is 36.5 Å². The summed E-state index contributed by atoms with van der Waals surface area (Å²) in [6.07, 6.45) is 0. The molecule has 2 rings (SSSR count). The third-order valence-electron chi connectivity index (χ3n) is 3.68. The van der Waals surface area contributed by atoms with Crippen molar-refractivity contribution in [3.8, 4) is 11.5 Å². The minimum absolute atomic E-state index is 0.532. The largest absolute Gasteiger partial charge is 0.239 e. The van der Waals surface area contributed by atoms with Crippen molar-refractivity contribution in [1.82, 2.24) is 0 Å². The highest BCUT2D eigenvalue weighted by Crippen LogP contribution is 2.18. The summed E-state index contributed by atoms with van der Waals surface area (Å²) in [6.45, 7) is 13.3. The smallest absolute Gasteiger partial charge is 0.129 e. The number of aliphatic imine (C=N–C) groups is 1. The molecule has 124 valence electrons. The maximum Gasteiger partial charge on any atom is 0.129 e. The average Bonchev–Trinajstić information content (AvgIpc) is 2.52. The van der Waals surface area contributed by atoms with Crippen LogP contribution in [-0.4, -0.2) is 13.8 Å². The second kappa shape index (κ2) is 7.64. The molecule has 0 saturated carbocycles. The van der Waals surface area contributed by atoms with Crippen LogP contribution in [0.25, 0.3) is 0 Å². The van der Waals surface area contributed by atoms with Gasteiger partial charge in [0, 0.05) is 5.56 Å². The van der Waals surface area contributed by atoms with Gasteiger partial charge in [-0.2, -0.15) is 0 Å². The molecule has 1 nitrogen and oxygen atoms in total. The van der Waals surface area contributed by atoms with E-state index in [1.807, 2.05) is 12.1 Å². The van der Waals surface area contributed by atoms with E-state index in [-0.39, 0.29) is 0 Å². The van der Waals surface area contributed by atoms with Crippen molar-refractivity contribution in [2.45, 2.75) is 46.3 Å². The van der Waals surface area contributed by atoms with Crippen LogP contribution in [0.4, 0.5) is 5.69 Å². The van der Waals surface area contributed by atoms with E-state index < -0.39 is 8.07 Å². The van der Waals surface area contributed by atoms with E-state index in [0.29, 0.717) is 5.92 Å². The van der Waals surface area contributed by atoms with E-state index in [9.17, 15) is 0 Å². The molecule has 0 aromatic heterocycles. The minimum atomic E-state index is -1.45. The van der Waals surface area contributed by atoms with Gasteiger partial charge < -0.3 is 0 Å². The lowest BCUT2D eigenvalue weighted by atomic mass is 10.0. The van der Waals surface area contributed by atoms with Gasteiger partial charge in [-0.1, -0.05) is 81.4 Å². The molecule has 0 heterocycles. The number of aryl methyl sites for hydroxylation is 1. The van der Waals surface area contributed by atoms with Gasteiger partial charge in [0.1, 0.15) is 13.8 Å². The highest BCUT2D eigenvalue weighted by molar-refractivity contribution is 6.84. The van der Waals surface area contributed by atoms with E-state index in [1.54, 1.807) is 0 Å². The molecule has 0 unspecified atom stereocenters. The van der Waals surface area contributed by atoms with Crippen molar-refractivity contribution < 1.29 is 0 Å². The lowest BCUT2D eigenvalue weighted by molar-refractivity contribution is 0.866. The fourth-order valence-corrected chi connectivity index (χ4v) is 2.68. The maximum absolute atomic E-state index is 4.81. The van der Waals surface area contributed by atoms with Gasteiger partial charge in [-0.25, -0.2) is 4.99 Å². The molecule has 0 aliphatic carbocycles. The Morgan fingerprint density at radius 1 is 0.917 bits per heavy atom. The summed E-state index contributed by atoms with van der Waals surface area (Å²) in [4.78, 5) is 4.81. The molecule has 0 aliphatic rings. The highest BCUT2D eigenvalue weighted by Gasteiger charge is 2.09. The number of benzene rings is 2. The van der Waals surface area contributed by atoms with E-state index in [2.05, 4.69) is 88.3 Å². The predicted octanol–water partition coefficient (Wildman–Crippen LogP) is 6.12. The Morgan fingerprint density at radius 3 is 2.00 bits per heavy atom. The molecule has 24 heavy (non-hydrogen) atoms. The summed E-state index contributed by atoms with van der Waals surface area (Å²) >= 11 is 0. The van der Waals surface area contributed by atoms with Crippen LogP contribution in [0.15, 0.2) is 53.5 Å². The van der Waals surface area contributed by atoms with Crippen LogP contribution in [0.5, 0.6) is 0 Å². The molecule has 0 bridgehead atoms. The van der Waals surface area contributed by atoms with Gasteiger partial charge in [0.2, 0.25) is 0 Å². The van der Waals surface area contributed by atoms with Crippen LogP contribution in [0, 0.1) is 18.4 Å². The monoisotopic (exact) mass is 333 g/mol. The molecule has 0 saturated heterocycles. The lowest BCUT2D eigenvalue weighted by Crippen LogP contribution is -2.17. The van der Waals surface area contributed by atoms with Crippen molar-refractivity contribution in [1.29, 1.82) is 0 Å². The number of nitrogens with zero attached hydrogens (tertiary/aromatic N) is 1. The van der Waals surface area contributed by atoms with E-state index in [0.717, 1.165) is 17.0 Å². The standard InChI is InChI=1S/C22H27NSi/c1-17(2)19-9-11-20(12-10-19)22(15-16-24(4,5)6)23-21-13-7-18(3)8-14-21/h7-14,17H,1-6H3. The normalized spacial score (nSPS) is 12.0. The zero-order valence-corrected chi connectivity index (χ0v) is 16.6. The molecule has 2 heteroatoms. The van der Waals surface area contributed by atoms with Crippen LogP contribution in [0.3, 0.4) is 0 Å². The van der Waals surface area contributed by atoms with Crippen molar-refractivity contribution >= 4 is 19.5 Å². The number of rotatable bonds is 3. The third kappa shape index (κ3) is 5.51. The van der Waals surface area contributed by atoms with Gasteiger partial charge in [-0.05, 0) is 30.5 Å². The second-order valence-electron chi connectivity index (χ2n) is 7.57. The van der Waals surface area contributed by atoms with Crippen LogP contribution in [0.2, 0.25) is 19.6 Å². The highest BCUT2D eigenvalue weighted by atomic mass is 28.3. The molecule has 0 aliphatic heterocycles. The molecule has 2 aromatic carbocycles. The van der Waals surface area contributed by atoms with Crippen LogP contribution >= 0.6 is 0 Å². The predicted molar refractivity (Wildman–Crippen MR) is 109 cm³/mol. The number of hydrogen-bond donors (Lipinski definition) is 0. The zero-order chi connectivity index (χ0) is 17.7. The first-order valence-corrected chi connectivity index (χ1v) is 12.0. The summed E-state index contributed by atoms with van der Waals surface area (Å²) in [5, 5.41) is 0. The maximum atomic E-state index is 4.81. The van der Waals surface area contributed by atoms with E-state index in [4.69, 9.17) is 4.99 Å². The minimum Gasteiger partial charge on any atom is -0.239 e. The van der Waals surface area contributed by atoms with Gasteiger partial charge in [-0.15, -0.1) is 5.54 Å². The topological polar surface area (TPSA) is 12.4 Å². The zero-order valence-electron chi connectivity index (χ0n) is 15.6. The molecular weight excluding hydrogens is 306 g/mol. The van der Waals surface area contributed by atoms with Gasteiger partial charge >= 0.3 is 0 Å². The van der Waals surface area contributed by atoms with Gasteiger partial charge in [0.15, 0.2) is 0 Å². The Bertz CT molecular complexity index is 764. The van der Waals surface area contributed by atoms with Crippen molar-refractivity contribution in [3.63, 3.8) is 0 Å². The van der Waals surface area contributed by atoms with Gasteiger partial charge in [-0.3, -0.25) is 0 Å². The Labute approximate surface area is 147 Å². The third-order valence-corrected chi connectivity index (χ3v) is 4.56. The molecular formula is C22H27NSi. The summed E-state index contributed by atoms with van der Waals surface area (Å²) in [7, 11) is -1.45. The molecule has 0 fully saturated rings. The van der Waals surface area contributed by atoms with Gasteiger partial charge in [0.05, 0.1) is 5.69 Å². The molecule has 0 amide bonds. The van der Waals surface area contributed by atoms with Crippen LogP contribution < -0.4 is 0 Å². The first-order valence-electron chi connectivity index (χ1n) is 8.53. The number of hydrogen-bond acceptors (Lipinski definition) is 1. The van der Waals surface area contributed by atoms with E-state index in [1.165, 1.54) is 11.1 Å². The first kappa shape index (κ1) is 18.2. The first-order chi connectivity index (χ1) is 11.2. The summed E-state index contributed by atoms with van der Waals surface area (Å²) in [5.74, 6) is 3.88. The summed E-state index contributed by atoms with van der Waals surface area (Å²) in [6, 6.07) is 16.9. The second-order valence-corrected chi connectivity index (χ2v) is 12.3. The Morgan fingerprint density at radius 2 is 1.50 bits per heavy atom. The average molecular weight is 334 g/mol. The fraction of sp³-hybridized carbons (Fsp3) is 0.318. The Kier molecular flexibility index (Phi) is 5.80. The molecule has 0 N–H and O–H groups in total. The molecule has 2 aromatic rings. The fourth-order valence-electron chi connectivity index (χ4n) is 2.19. The summed E-state index contributed by atoms with van der Waals surface area (Å²) < 4.78 is 0. The van der Waals surface area contributed by atoms with Crippen molar-refractivity contribution in [2.75, 3.05) is 0 Å². The molecule has 0 spiro atoms. The van der Waals surface area contributed by atoms with Crippen LogP contribution in [-0.2, 0) is 0 Å². The Hall–Kier alpha value is -2.11. The quantitative estimate of drug-likeness (QED) is 0.364. The lowest BCUT2D eigenvalue weighted by Gasteiger charge is -2.08. The van der Waals surface area contributed by atoms with Crippen molar-refractivity contribution in [3.05, 3.63) is 65.2 Å². The van der Waals surface area contributed by atoms with Crippen molar-refractivity contribution in [2.24, 2.45) is 4.99 Å². The van der Waals surface area contributed by atoms with E-state index >= 15 is 0 Å². The molecule has 0 radical (unpaired) electrons. The Balaban J connectivity index is 2.45. The SMILES string of the molecule is Cc1ccc(N=C(C#C[Si](C)(C)C)c2ccc(C(C)C)cc2)cc1. The van der Waals surface area contributed by atoms with Gasteiger partial charge in [0.25, 0.3) is 0 Å². The summed E-state index contributed by atoms with van der Waals surface area (Å²) in [5.41, 5.74) is 8.93.